The molecule has 0 radical (unpaired) electrons. The number of carbonyl (C=O) groups is 1. The van der Waals surface area contributed by atoms with Gasteiger partial charge >= 0.3 is 5.30 Å². The van der Waals surface area contributed by atoms with Crippen molar-refractivity contribution in [2.24, 2.45) is 0 Å². The molecule has 0 aliphatic carbocycles. The molecule has 2 aromatic rings. The molecule has 1 heterocycles. The van der Waals surface area contributed by atoms with Gasteiger partial charge in [-0.15, -0.1) is 0 Å². The molecule has 1 aromatic carbocycles. The van der Waals surface area contributed by atoms with E-state index in [4.69, 9.17) is 0 Å². The summed E-state index contributed by atoms with van der Waals surface area (Å²) in [4.78, 5) is 12.0. The molecule has 1 aromatic heterocycles. The lowest BCUT2D eigenvalue weighted by Gasteiger charge is -2.06. The lowest BCUT2D eigenvalue weighted by atomic mass is 10.1. The van der Waals surface area contributed by atoms with Gasteiger partial charge in [0.15, 0.2) is 11.9 Å². The van der Waals surface area contributed by atoms with Crippen LogP contribution in [-0.2, 0) is 11.2 Å². The van der Waals surface area contributed by atoms with E-state index in [1.165, 1.54) is 13.3 Å². The van der Waals surface area contributed by atoms with Gasteiger partial charge in [0, 0.05) is 23.4 Å². The van der Waals surface area contributed by atoms with Gasteiger partial charge in [-0.3, -0.25) is 0 Å². The highest BCUT2D eigenvalue weighted by molar-refractivity contribution is 8.13. The number of thioether (sulfide) groups is 1. The highest BCUT2D eigenvalue weighted by atomic mass is 32.2. The SMILES string of the molecule is CCc1cc(-c2ccc(SC(=O)OC)cc2)cc[n+]1[O-]. The fraction of sp³-hybridized carbons (Fsp3) is 0.200. The monoisotopic (exact) mass is 289 g/mol. The second kappa shape index (κ2) is 6.43. The molecule has 2 rings (SSSR count). The molecule has 0 aliphatic rings. The van der Waals surface area contributed by atoms with E-state index in [1.54, 1.807) is 6.07 Å². The molecular weight excluding hydrogens is 274 g/mol. The smallest absolute Gasteiger partial charge is 0.371 e. The van der Waals surface area contributed by atoms with E-state index in [2.05, 4.69) is 4.74 Å². The van der Waals surface area contributed by atoms with Crippen molar-refractivity contribution in [2.75, 3.05) is 7.11 Å². The van der Waals surface area contributed by atoms with Gasteiger partial charge in [0.2, 0.25) is 0 Å². The summed E-state index contributed by atoms with van der Waals surface area (Å²) in [7, 11) is 1.36. The van der Waals surface area contributed by atoms with Gasteiger partial charge in [-0.25, -0.2) is 4.79 Å². The molecule has 0 saturated carbocycles. The van der Waals surface area contributed by atoms with Crippen LogP contribution in [0.5, 0.6) is 0 Å². The number of aromatic nitrogens is 1. The van der Waals surface area contributed by atoms with E-state index in [-0.39, 0.29) is 5.30 Å². The summed E-state index contributed by atoms with van der Waals surface area (Å²) in [6.45, 7) is 1.95. The predicted molar refractivity (Wildman–Crippen MR) is 78.5 cm³/mol. The third-order valence-corrected chi connectivity index (χ3v) is 3.75. The summed E-state index contributed by atoms with van der Waals surface area (Å²) in [5.74, 6) is 0. The Balaban J connectivity index is 2.23. The molecule has 0 atom stereocenters. The normalized spacial score (nSPS) is 10.3. The van der Waals surface area contributed by atoms with Gasteiger partial charge in [0.1, 0.15) is 0 Å². The molecule has 0 unspecified atom stereocenters. The Morgan fingerprint density at radius 2 is 1.95 bits per heavy atom. The second-order valence-corrected chi connectivity index (χ2v) is 5.18. The van der Waals surface area contributed by atoms with Crippen LogP contribution in [0.1, 0.15) is 12.6 Å². The van der Waals surface area contributed by atoms with Crippen LogP contribution in [0.15, 0.2) is 47.5 Å². The van der Waals surface area contributed by atoms with Crippen molar-refractivity contribution in [1.29, 1.82) is 0 Å². The lowest BCUT2D eigenvalue weighted by molar-refractivity contribution is -0.613. The first-order chi connectivity index (χ1) is 9.63. The topological polar surface area (TPSA) is 53.2 Å². The molecule has 0 saturated heterocycles. The Hall–Kier alpha value is -2.01. The standard InChI is InChI=1S/C15H15NO3S/c1-3-13-10-12(8-9-16(13)18)11-4-6-14(7-5-11)20-15(17)19-2/h4-10H,3H2,1-2H3. The first-order valence-electron chi connectivity index (χ1n) is 6.22. The van der Waals surface area contributed by atoms with Gasteiger partial charge in [-0.1, -0.05) is 19.1 Å². The van der Waals surface area contributed by atoms with Crippen LogP contribution >= 0.6 is 11.8 Å². The number of nitrogens with zero attached hydrogens (tertiary/aromatic N) is 1. The van der Waals surface area contributed by atoms with Gasteiger partial charge in [0.25, 0.3) is 0 Å². The van der Waals surface area contributed by atoms with Crippen LogP contribution in [0.2, 0.25) is 0 Å². The lowest BCUT2D eigenvalue weighted by Crippen LogP contribution is -2.30. The van der Waals surface area contributed by atoms with E-state index in [0.29, 0.717) is 6.42 Å². The number of aryl methyl sites for hydroxylation is 1. The first kappa shape index (κ1) is 14.4. The average molecular weight is 289 g/mol. The van der Waals surface area contributed by atoms with Crippen LogP contribution in [0.25, 0.3) is 11.1 Å². The molecule has 0 N–H and O–H groups in total. The minimum absolute atomic E-state index is 0.335. The Labute approximate surface area is 122 Å². The number of rotatable bonds is 3. The number of hydrogen-bond acceptors (Lipinski definition) is 4. The highest BCUT2D eigenvalue weighted by Crippen LogP contribution is 2.25. The zero-order chi connectivity index (χ0) is 14.5. The van der Waals surface area contributed by atoms with Crippen molar-refractivity contribution in [3.05, 3.63) is 53.5 Å². The molecular formula is C15H15NO3S. The van der Waals surface area contributed by atoms with Crippen molar-refractivity contribution in [2.45, 2.75) is 18.2 Å². The Morgan fingerprint density at radius 3 is 2.55 bits per heavy atom. The van der Waals surface area contributed by atoms with Crippen molar-refractivity contribution in [1.82, 2.24) is 0 Å². The van der Waals surface area contributed by atoms with Crippen LogP contribution < -0.4 is 4.73 Å². The van der Waals surface area contributed by atoms with Gasteiger partial charge in [0.05, 0.1) is 7.11 Å². The maximum Gasteiger partial charge on any atom is 0.371 e. The van der Waals surface area contributed by atoms with Crippen LogP contribution in [0.3, 0.4) is 0 Å². The Kier molecular flexibility index (Phi) is 4.63. The van der Waals surface area contributed by atoms with E-state index >= 15 is 0 Å². The number of ether oxygens (including phenoxy) is 1. The predicted octanol–water partition coefficient (Wildman–Crippen LogP) is 3.41. The van der Waals surface area contributed by atoms with E-state index < -0.39 is 0 Å². The highest BCUT2D eigenvalue weighted by Gasteiger charge is 2.07. The maximum atomic E-state index is 11.5. The summed E-state index contributed by atoms with van der Waals surface area (Å²) in [5, 5.41) is 11.2. The van der Waals surface area contributed by atoms with E-state index in [9.17, 15) is 10.0 Å². The summed E-state index contributed by atoms with van der Waals surface area (Å²) >= 11 is 1.04. The average Bonchev–Trinajstić information content (AvgIpc) is 2.48. The van der Waals surface area contributed by atoms with Crippen LogP contribution in [0.4, 0.5) is 4.79 Å². The van der Waals surface area contributed by atoms with Gasteiger partial charge < -0.3 is 9.94 Å². The number of benzene rings is 1. The number of hydrogen-bond donors (Lipinski definition) is 0. The molecule has 0 aliphatic heterocycles. The fourth-order valence-corrected chi connectivity index (χ4v) is 2.37. The Bertz CT molecular complexity index is 611. The van der Waals surface area contributed by atoms with Crippen LogP contribution in [-0.4, -0.2) is 12.4 Å². The first-order valence-corrected chi connectivity index (χ1v) is 7.04. The van der Waals surface area contributed by atoms with Crippen molar-refractivity contribution >= 4 is 17.1 Å². The molecule has 4 nitrogen and oxygen atoms in total. The molecule has 0 spiro atoms. The molecule has 5 heteroatoms. The molecule has 0 fully saturated rings. The zero-order valence-corrected chi connectivity index (χ0v) is 12.1. The summed E-state index contributed by atoms with van der Waals surface area (Å²) in [5.41, 5.74) is 2.73. The Morgan fingerprint density at radius 1 is 1.25 bits per heavy atom. The summed E-state index contributed by atoms with van der Waals surface area (Å²) < 4.78 is 5.48. The summed E-state index contributed by atoms with van der Waals surface area (Å²) in [6, 6.07) is 11.2. The minimum Gasteiger partial charge on any atom is -0.619 e. The minimum atomic E-state index is -0.335. The summed E-state index contributed by atoms with van der Waals surface area (Å²) in [6.07, 6.45) is 2.21. The second-order valence-electron chi connectivity index (χ2n) is 4.17. The van der Waals surface area contributed by atoms with E-state index in [1.807, 2.05) is 37.3 Å². The largest absolute Gasteiger partial charge is 0.619 e. The molecule has 20 heavy (non-hydrogen) atoms. The number of pyridine rings is 1. The number of carbonyl (C=O) groups excluding carboxylic acids is 1. The van der Waals surface area contributed by atoms with Crippen LogP contribution in [0, 0.1) is 5.21 Å². The maximum absolute atomic E-state index is 11.5. The van der Waals surface area contributed by atoms with Gasteiger partial charge in [-0.2, -0.15) is 4.73 Å². The molecule has 0 amide bonds. The third kappa shape index (κ3) is 3.30. The fourth-order valence-electron chi connectivity index (χ4n) is 1.83. The van der Waals surface area contributed by atoms with Crippen molar-refractivity contribution in [3.63, 3.8) is 0 Å². The number of methoxy groups -OCH3 is 1. The van der Waals surface area contributed by atoms with Crippen molar-refractivity contribution in [3.8, 4) is 11.1 Å². The van der Waals surface area contributed by atoms with Gasteiger partial charge in [-0.05, 0) is 35.0 Å². The third-order valence-electron chi connectivity index (χ3n) is 2.91. The zero-order valence-electron chi connectivity index (χ0n) is 11.3. The molecule has 104 valence electrons. The quantitative estimate of drug-likeness (QED) is 0.376. The molecule has 0 bridgehead atoms. The van der Waals surface area contributed by atoms with E-state index in [0.717, 1.165) is 38.2 Å². The van der Waals surface area contributed by atoms with Crippen molar-refractivity contribution < 1.29 is 14.3 Å².